The van der Waals surface area contributed by atoms with Crippen LogP contribution in [-0.4, -0.2) is 49.9 Å². The Balaban J connectivity index is 1.89. The summed E-state index contributed by atoms with van der Waals surface area (Å²) in [6.07, 6.45) is -0.0264. The maximum atomic E-state index is 12.3. The van der Waals surface area contributed by atoms with Crippen LogP contribution in [0.2, 0.25) is 0 Å². The number of amides is 1. The maximum Gasteiger partial charge on any atom is 0.240 e. The number of nitrogens with one attached hydrogen (secondary N) is 3. The SMILES string of the molecule is COc1ccc(S(=O)(=O)NCCC(=O)NCc2n[nH]c(=S)n2C)cc1OC. The number of aromatic amines is 1. The van der Waals surface area contributed by atoms with Crippen LogP contribution in [0, 0.1) is 4.77 Å². The van der Waals surface area contributed by atoms with Crippen LogP contribution in [-0.2, 0) is 28.4 Å². The van der Waals surface area contributed by atoms with E-state index in [0.29, 0.717) is 22.1 Å². The van der Waals surface area contributed by atoms with Crippen molar-refractivity contribution in [3.05, 3.63) is 28.8 Å². The molecule has 1 aromatic heterocycles. The van der Waals surface area contributed by atoms with Crippen molar-refractivity contribution in [1.82, 2.24) is 24.8 Å². The van der Waals surface area contributed by atoms with E-state index in [9.17, 15) is 13.2 Å². The highest BCUT2D eigenvalue weighted by Gasteiger charge is 2.17. The summed E-state index contributed by atoms with van der Waals surface area (Å²) in [4.78, 5) is 11.9. The Morgan fingerprint density at radius 1 is 1.30 bits per heavy atom. The number of benzene rings is 1. The molecule has 10 nitrogen and oxygen atoms in total. The van der Waals surface area contributed by atoms with Gasteiger partial charge in [0.25, 0.3) is 0 Å². The number of methoxy groups -OCH3 is 2. The Bertz CT molecular complexity index is 967. The fourth-order valence-corrected chi connectivity index (χ4v) is 3.37. The summed E-state index contributed by atoms with van der Waals surface area (Å²) in [6, 6.07) is 4.25. The molecular weight excluding hydrogens is 394 g/mol. The monoisotopic (exact) mass is 415 g/mol. The predicted octanol–water partition coefficient (Wildman–Crippen LogP) is 0.480. The van der Waals surface area contributed by atoms with Gasteiger partial charge in [0, 0.05) is 26.1 Å². The van der Waals surface area contributed by atoms with Gasteiger partial charge in [-0.2, -0.15) is 5.10 Å². The molecule has 27 heavy (non-hydrogen) atoms. The molecule has 0 atom stereocenters. The van der Waals surface area contributed by atoms with Gasteiger partial charge in [0.15, 0.2) is 22.1 Å². The Morgan fingerprint density at radius 3 is 2.59 bits per heavy atom. The van der Waals surface area contributed by atoms with Crippen molar-refractivity contribution in [3.63, 3.8) is 0 Å². The molecule has 2 aromatic rings. The van der Waals surface area contributed by atoms with E-state index >= 15 is 0 Å². The molecular formula is C15H21N5O5S2. The second-order valence-corrected chi connectivity index (χ2v) is 7.60. The van der Waals surface area contributed by atoms with E-state index in [-0.39, 0.29) is 30.3 Å². The molecule has 0 saturated heterocycles. The first-order chi connectivity index (χ1) is 12.8. The summed E-state index contributed by atoms with van der Waals surface area (Å²) in [7, 11) is 0.819. The van der Waals surface area contributed by atoms with Crippen LogP contribution < -0.4 is 19.5 Å². The molecule has 12 heteroatoms. The highest BCUT2D eigenvalue weighted by molar-refractivity contribution is 7.89. The average molecular weight is 415 g/mol. The molecule has 0 aliphatic rings. The molecule has 0 unspecified atom stereocenters. The van der Waals surface area contributed by atoms with Gasteiger partial charge in [-0.15, -0.1) is 0 Å². The lowest BCUT2D eigenvalue weighted by Gasteiger charge is -2.11. The van der Waals surface area contributed by atoms with E-state index in [1.165, 1.54) is 32.4 Å². The topological polar surface area (TPSA) is 127 Å². The summed E-state index contributed by atoms with van der Waals surface area (Å²) >= 11 is 4.98. The normalized spacial score (nSPS) is 11.2. The van der Waals surface area contributed by atoms with Crippen molar-refractivity contribution in [1.29, 1.82) is 0 Å². The summed E-state index contributed by atoms with van der Waals surface area (Å²) in [5, 5.41) is 9.24. The van der Waals surface area contributed by atoms with Gasteiger partial charge in [-0.1, -0.05) is 0 Å². The van der Waals surface area contributed by atoms with Gasteiger partial charge in [-0.25, -0.2) is 13.1 Å². The lowest BCUT2D eigenvalue weighted by atomic mass is 10.3. The second-order valence-electron chi connectivity index (χ2n) is 5.45. The van der Waals surface area contributed by atoms with Crippen molar-refractivity contribution >= 4 is 28.1 Å². The van der Waals surface area contributed by atoms with E-state index in [1.807, 2.05) is 0 Å². The van der Waals surface area contributed by atoms with Gasteiger partial charge in [0.05, 0.1) is 25.7 Å². The van der Waals surface area contributed by atoms with Crippen molar-refractivity contribution in [2.45, 2.75) is 17.9 Å². The van der Waals surface area contributed by atoms with E-state index in [2.05, 4.69) is 20.2 Å². The summed E-state index contributed by atoms with van der Waals surface area (Å²) < 4.78 is 39.3. The van der Waals surface area contributed by atoms with Gasteiger partial charge in [-0.3, -0.25) is 9.89 Å². The summed E-state index contributed by atoms with van der Waals surface area (Å²) in [5.74, 6) is 0.967. The minimum absolute atomic E-state index is 0.0158. The van der Waals surface area contributed by atoms with Crippen LogP contribution >= 0.6 is 12.2 Å². The third kappa shape index (κ3) is 5.28. The van der Waals surface area contributed by atoms with E-state index < -0.39 is 10.0 Å². The number of hydrogen-bond acceptors (Lipinski definition) is 7. The van der Waals surface area contributed by atoms with Crippen molar-refractivity contribution in [3.8, 4) is 11.5 Å². The molecule has 2 rings (SSSR count). The van der Waals surface area contributed by atoms with Crippen LogP contribution in [0.1, 0.15) is 12.2 Å². The van der Waals surface area contributed by atoms with Crippen molar-refractivity contribution < 1.29 is 22.7 Å². The molecule has 0 aliphatic heterocycles. The molecule has 0 aliphatic carbocycles. The molecule has 148 valence electrons. The Labute approximate surface area is 161 Å². The molecule has 0 spiro atoms. The lowest BCUT2D eigenvalue weighted by Crippen LogP contribution is -2.31. The quantitative estimate of drug-likeness (QED) is 0.508. The Kier molecular flexibility index (Phi) is 6.93. The first-order valence-corrected chi connectivity index (χ1v) is 9.76. The zero-order valence-electron chi connectivity index (χ0n) is 15.1. The minimum Gasteiger partial charge on any atom is -0.493 e. The third-order valence-electron chi connectivity index (χ3n) is 3.73. The van der Waals surface area contributed by atoms with E-state index in [4.69, 9.17) is 21.7 Å². The minimum atomic E-state index is -3.78. The molecule has 1 aromatic carbocycles. The van der Waals surface area contributed by atoms with Crippen LogP contribution in [0.25, 0.3) is 0 Å². The predicted molar refractivity (Wildman–Crippen MR) is 99.6 cm³/mol. The fraction of sp³-hybridized carbons (Fsp3) is 0.400. The number of H-pyrrole nitrogens is 1. The Morgan fingerprint density at radius 2 is 2.00 bits per heavy atom. The molecule has 3 N–H and O–H groups in total. The molecule has 1 heterocycles. The van der Waals surface area contributed by atoms with E-state index in [0.717, 1.165) is 0 Å². The maximum absolute atomic E-state index is 12.3. The van der Waals surface area contributed by atoms with Gasteiger partial charge >= 0.3 is 0 Å². The number of aromatic nitrogens is 3. The zero-order valence-corrected chi connectivity index (χ0v) is 16.7. The van der Waals surface area contributed by atoms with Crippen LogP contribution in [0.15, 0.2) is 23.1 Å². The Hall–Kier alpha value is -2.44. The van der Waals surface area contributed by atoms with Crippen LogP contribution in [0.4, 0.5) is 0 Å². The van der Waals surface area contributed by atoms with Gasteiger partial charge in [0.1, 0.15) is 0 Å². The number of sulfonamides is 1. The molecule has 1 amide bonds. The van der Waals surface area contributed by atoms with Crippen LogP contribution in [0.5, 0.6) is 11.5 Å². The number of nitrogens with zero attached hydrogens (tertiary/aromatic N) is 2. The first kappa shape index (κ1) is 20.9. The lowest BCUT2D eigenvalue weighted by molar-refractivity contribution is -0.121. The summed E-state index contributed by atoms with van der Waals surface area (Å²) in [6.45, 7) is 0.131. The van der Waals surface area contributed by atoms with Crippen LogP contribution in [0.3, 0.4) is 0 Å². The molecule has 0 saturated carbocycles. The fourth-order valence-electron chi connectivity index (χ4n) is 2.17. The number of carbonyl (C=O) groups is 1. The van der Waals surface area contributed by atoms with E-state index in [1.54, 1.807) is 11.6 Å². The number of ether oxygens (including phenoxy) is 2. The van der Waals surface area contributed by atoms with Gasteiger partial charge < -0.3 is 19.4 Å². The zero-order chi connectivity index (χ0) is 20.0. The van der Waals surface area contributed by atoms with Crippen molar-refractivity contribution in [2.75, 3.05) is 20.8 Å². The first-order valence-electron chi connectivity index (χ1n) is 7.87. The van der Waals surface area contributed by atoms with Crippen molar-refractivity contribution in [2.24, 2.45) is 7.05 Å². The molecule has 0 radical (unpaired) electrons. The smallest absolute Gasteiger partial charge is 0.240 e. The third-order valence-corrected chi connectivity index (χ3v) is 5.55. The second kappa shape index (κ2) is 8.97. The number of hydrogen-bond donors (Lipinski definition) is 3. The average Bonchev–Trinajstić information content (AvgIpc) is 2.97. The molecule has 0 bridgehead atoms. The highest BCUT2D eigenvalue weighted by Crippen LogP contribution is 2.29. The number of carbonyl (C=O) groups excluding carboxylic acids is 1. The van der Waals surface area contributed by atoms with Gasteiger partial charge in [0.2, 0.25) is 15.9 Å². The summed E-state index contributed by atoms with van der Waals surface area (Å²) in [5.41, 5.74) is 0. The largest absolute Gasteiger partial charge is 0.493 e. The number of rotatable bonds is 9. The standard InChI is InChI=1S/C15H21N5O5S2/c1-20-13(18-19-15(20)26)9-16-14(21)6-7-17-27(22,23)10-4-5-11(24-2)12(8-10)25-3/h4-5,8,17H,6-7,9H2,1-3H3,(H,16,21)(H,19,26). The molecule has 0 fully saturated rings. The highest BCUT2D eigenvalue weighted by atomic mass is 32.2. The van der Waals surface area contributed by atoms with Gasteiger partial charge in [-0.05, 0) is 24.4 Å².